The van der Waals surface area contributed by atoms with E-state index >= 15 is 0 Å². The third-order valence-electron chi connectivity index (χ3n) is 1.79. The minimum Gasteiger partial charge on any atom is -0.392 e. The van der Waals surface area contributed by atoms with Crippen molar-refractivity contribution < 1.29 is 4.79 Å². The number of carbonyl (C=O) groups excluding carboxylic acids is 1. The van der Waals surface area contributed by atoms with Crippen molar-refractivity contribution >= 4 is 23.1 Å². The van der Waals surface area contributed by atoms with Crippen LogP contribution in [0.15, 0.2) is 12.4 Å². The van der Waals surface area contributed by atoms with Gasteiger partial charge in [-0.15, -0.1) is 0 Å². The number of nitrogens with zero attached hydrogens (tertiary/aromatic N) is 2. The minimum absolute atomic E-state index is 0.239. The quantitative estimate of drug-likeness (QED) is 0.716. The highest BCUT2D eigenvalue weighted by Crippen LogP contribution is 1.95. The van der Waals surface area contributed by atoms with E-state index in [0.717, 1.165) is 5.69 Å². The molecule has 0 spiro atoms. The lowest BCUT2D eigenvalue weighted by Gasteiger charge is -2.11. The molecule has 1 heterocycles. The van der Waals surface area contributed by atoms with E-state index in [4.69, 9.17) is 18.0 Å². The highest BCUT2D eigenvalue weighted by molar-refractivity contribution is 7.80. The number of thiocarbonyl (C=S) groups is 1. The van der Waals surface area contributed by atoms with Gasteiger partial charge < -0.3 is 11.1 Å². The fourth-order valence-corrected chi connectivity index (χ4v) is 0.910. The molecule has 6 heteroatoms. The molecule has 0 aliphatic carbocycles. The molecule has 15 heavy (non-hydrogen) atoms. The summed E-state index contributed by atoms with van der Waals surface area (Å²) in [5, 5.41) is 2.61. The number of carbonyl (C=O) groups is 1. The molecule has 0 aromatic carbocycles. The van der Waals surface area contributed by atoms with Gasteiger partial charge in [0, 0.05) is 6.20 Å². The lowest BCUT2D eigenvalue weighted by atomic mass is 10.3. The van der Waals surface area contributed by atoms with Crippen molar-refractivity contribution in [3.05, 3.63) is 23.8 Å². The predicted molar refractivity (Wildman–Crippen MR) is 60.5 cm³/mol. The zero-order valence-corrected chi connectivity index (χ0v) is 9.34. The molecule has 1 amide bonds. The van der Waals surface area contributed by atoms with Crippen molar-refractivity contribution in [2.75, 3.05) is 0 Å². The number of aromatic nitrogens is 2. The van der Waals surface area contributed by atoms with E-state index < -0.39 is 0 Å². The molecular weight excluding hydrogens is 212 g/mol. The number of rotatable bonds is 3. The molecule has 80 valence electrons. The molecule has 0 bridgehead atoms. The van der Waals surface area contributed by atoms with Crippen molar-refractivity contribution in [1.29, 1.82) is 0 Å². The average Bonchev–Trinajstić information content (AvgIpc) is 2.18. The van der Waals surface area contributed by atoms with Gasteiger partial charge in [-0.2, -0.15) is 0 Å². The van der Waals surface area contributed by atoms with Gasteiger partial charge >= 0.3 is 0 Å². The van der Waals surface area contributed by atoms with Crippen molar-refractivity contribution in [2.45, 2.75) is 19.9 Å². The summed E-state index contributed by atoms with van der Waals surface area (Å²) in [5.41, 5.74) is 6.38. The van der Waals surface area contributed by atoms with Gasteiger partial charge in [0.25, 0.3) is 5.91 Å². The number of hydrogen-bond donors (Lipinski definition) is 2. The summed E-state index contributed by atoms with van der Waals surface area (Å²) in [6.45, 7) is 3.51. The first-order chi connectivity index (χ1) is 7.00. The first kappa shape index (κ1) is 11.5. The normalized spacial score (nSPS) is 11.9. The van der Waals surface area contributed by atoms with Crippen LogP contribution in [0.1, 0.15) is 23.1 Å². The van der Waals surface area contributed by atoms with Crippen LogP contribution in [0.4, 0.5) is 0 Å². The van der Waals surface area contributed by atoms with E-state index in [-0.39, 0.29) is 22.6 Å². The van der Waals surface area contributed by atoms with Crippen LogP contribution < -0.4 is 11.1 Å². The second-order valence-electron chi connectivity index (χ2n) is 3.14. The largest absolute Gasteiger partial charge is 0.392 e. The van der Waals surface area contributed by atoms with Gasteiger partial charge in [-0.3, -0.25) is 9.78 Å². The Morgan fingerprint density at radius 1 is 1.53 bits per heavy atom. The SMILES string of the molecule is Cc1cnc(C(=O)NC(C)C(N)=S)cn1. The van der Waals surface area contributed by atoms with Gasteiger partial charge in [-0.25, -0.2) is 4.98 Å². The van der Waals surface area contributed by atoms with Crippen LogP contribution in [0.3, 0.4) is 0 Å². The van der Waals surface area contributed by atoms with E-state index in [1.54, 1.807) is 13.8 Å². The van der Waals surface area contributed by atoms with Crippen molar-refractivity contribution in [1.82, 2.24) is 15.3 Å². The fraction of sp³-hybridized carbons (Fsp3) is 0.333. The first-order valence-corrected chi connectivity index (χ1v) is 4.80. The molecule has 1 rings (SSSR count). The molecule has 0 aliphatic rings. The zero-order valence-electron chi connectivity index (χ0n) is 8.52. The Labute approximate surface area is 93.1 Å². The van der Waals surface area contributed by atoms with Gasteiger partial charge in [0.1, 0.15) is 5.69 Å². The molecule has 1 atom stereocenters. The third kappa shape index (κ3) is 3.25. The topological polar surface area (TPSA) is 80.9 Å². The zero-order chi connectivity index (χ0) is 11.4. The van der Waals surface area contributed by atoms with Crippen LogP contribution in [0.25, 0.3) is 0 Å². The Morgan fingerprint density at radius 3 is 2.67 bits per heavy atom. The van der Waals surface area contributed by atoms with Crippen molar-refractivity contribution in [2.24, 2.45) is 5.73 Å². The van der Waals surface area contributed by atoms with Crippen LogP contribution in [-0.4, -0.2) is 26.9 Å². The maximum absolute atomic E-state index is 11.5. The Kier molecular flexibility index (Phi) is 3.68. The molecule has 0 saturated heterocycles. The van der Waals surface area contributed by atoms with Gasteiger partial charge in [0.05, 0.1) is 22.9 Å². The summed E-state index contributed by atoms with van der Waals surface area (Å²) in [6, 6.07) is -0.351. The number of nitrogens with two attached hydrogens (primary N) is 1. The number of aryl methyl sites for hydroxylation is 1. The molecule has 0 fully saturated rings. The minimum atomic E-state index is -0.351. The van der Waals surface area contributed by atoms with Crippen LogP contribution in [0, 0.1) is 6.92 Å². The van der Waals surface area contributed by atoms with Crippen molar-refractivity contribution in [3.63, 3.8) is 0 Å². The number of amides is 1. The lowest BCUT2D eigenvalue weighted by Crippen LogP contribution is -2.41. The molecule has 5 nitrogen and oxygen atoms in total. The van der Waals surface area contributed by atoms with E-state index in [9.17, 15) is 4.79 Å². The average molecular weight is 224 g/mol. The Morgan fingerprint density at radius 2 is 2.20 bits per heavy atom. The highest BCUT2D eigenvalue weighted by Gasteiger charge is 2.12. The molecule has 1 aromatic heterocycles. The van der Waals surface area contributed by atoms with E-state index in [1.165, 1.54) is 12.4 Å². The maximum atomic E-state index is 11.5. The maximum Gasteiger partial charge on any atom is 0.272 e. The van der Waals surface area contributed by atoms with Gasteiger partial charge in [0.15, 0.2) is 0 Å². The van der Waals surface area contributed by atoms with E-state index in [2.05, 4.69) is 15.3 Å². The molecule has 0 radical (unpaired) electrons. The number of hydrogen-bond acceptors (Lipinski definition) is 4. The molecule has 3 N–H and O–H groups in total. The van der Waals surface area contributed by atoms with E-state index in [0.29, 0.717) is 0 Å². The Bertz CT molecular complexity index is 376. The molecule has 1 aromatic rings. The Hall–Kier alpha value is -1.56. The second-order valence-corrected chi connectivity index (χ2v) is 3.61. The highest BCUT2D eigenvalue weighted by atomic mass is 32.1. The molecule has 0 saturated carbocycles. The summed E-state index contributed by atoms with van der Waals surface area (Å²) in [7, 11) is 0. The first-order valence-electron chi connectivity index (χ1n) is 4.39. The van der Waals surface area contributed by atoms with Crippen LogP contribution in [-0.2, 0) is 0 Å². The van der Waals surface area contributed by atoms with Gasteiger partial charge in [-0.1, -0.05) is 12.2 Å². The standard InChI is InChI=1S/C9H12N4OS/c1-5-3-12-7(4-11-5)9(14)13-6(2)8(10)15/h3-4,6H,1-2H3,(H2,10,15)(H,13,14). The fourth-order valence-electron chi connectivity index (χ4n) is 0.852. The Balaban J connectivity index is 2.69. The summed E-state index contributed by atoms with van der Waals surface area (Å²) in [4.78, 5) is 19.7. The van der Waals surface area contributed by atoms with Crippen LogP contribution in [0.5, 0.6) is 0 Å². The number of nitrogens with one attached hydrogen (secondary N) is 1. The molecule has 1 unspecified atom stereocenters. The van der Waals surface area contributed by atoms with Gasteiger partial charge in [-0.05, 0) is 13.8 Å². The smallest absolute Gasteiger partial charge is 0.272 e. The third-order valence-corrected chi connectivity index (χ3v) is 2.14. The van der Waals surface area contributed by atoms with Crippen molar-refractivity contribution in [3.8, 4) is 0 Å². The summed E-state index contributed by atoms with van der Waals surface area (Å²) < 4.78 is 0. The second kappa shape index (κ2) is 4.79. The summed E-state index contributed by atoms with van der Waals surface area (Å²) >= 11 is 4.73. The molecular formula is C9H12N4OS. The molecule has 0 aliphatic heterocycles. The predicted octanol–water partition coefficient (Wildman–Crippen LogP) is 0.189. The summed E-state index contributed by atoms with van der Waals surface area (Å²) in [5.74, 6) is -0.331. The van der Waals surface area contributed by atoms with E-state index in [1.807, 2.05) is 0 Å². The lowest BCUT2D eigenvalue weighted by molar-refractivity contribution is 0.0944. The summed E-state index contributed by atoms with van der Waals surface area (Å²) in [6.07, 6.45) is 2.94. The van der Waals surface area contributed by atoms with Crippen LogP contribution in [0.2, 0.25) is 0 Å². The van der Waals surface area contributed by atoms with Gasteiger partial charge in [0.2, 0.25) is 0 Å². The van der Waals surface area contributed by atoms with Crippen LogP contribution >= 0.6 is 12.2 Å². The monoisotopic (exact) mass is 224 g/mol.